The Hall–Kier alpha value is -1.77. The van der Waals surface area contributed by atoms with Gasteiger partial charge in [-0.15, -0.1) is 0 Å². The minimum atomic E-state index is -0.0396. The van der Waals surface area contributed by atoms with Crippen LogP contribution in [0.5, 0.6) is 5.75 Å². The Balaban J connectivity index is 2.84. The molecule has 2 aromatic rings. The molecule has 0 unspecified atom stereocenters. The number of phenolic OH excluding ortho intramolecular Hbond substituents is 1. The van der Waals surface area contributed by atoms with Gasteiger partial charge < -0.3 is 9.52 Å². The zero-order valence-corrected chi connectivity index (χ0v) is 9.41. The van der Waals surface area contributed by atoms with Crippen LogP contribution in [0.3, 0.4) is 0 Å². The normalized spacial score (nSPS) is 10.9. The zero-order chi connectivity index (χ0) is 11.7. The summed E-state index contributed by atoms with van der Waals surface area (Å²) in [5.74, 6) is 0.704. The number of aryl methyl sites for hydroxylation is 2. The number of benzene rings is 1. The van der Waals surface area contributed by atoms with Gasteiger partial charge in [0, 0.05) is 12.1 Å². The van der Waals surface area contributed by atoms with Gasteiger partial charge in [-0.1, -0.05) is 13.3 Å². The summed E-state index contributed by atoms with van der Waals surface area (Å²) in [5.41, 5.74) is 1.28. The Labute approximate surface area is 93.3 Å². The van der Waals surface area contributed by atoms with Crippen LogP contribution in [0.2, 0.25) is 0 Å². The lowest BCUT2D eigenvalue weighted by Crippen LogP contribution is -2.04. The molecule has 0 radical (unpaired) electrons. The van der Waals surface area contributed by atoms with Crippen LogP contribution in [0.15, 0.2) is 27.4 Å². The first-order valence-corrected chi connectivity index (χ1v) is 5.38. The van der Waals surface area contributed by atoms with Crippen molar-refractivity contribution >= 4 is 11.0 Å². The Morgan fingerprint density at radius 1 is 1.31 bits per heavy atom. The maximum Gasteiger partial charge on any atom is 0.193 e. The van der Waals surface area contributed by atoms with Crippen LogP contribution in [0.1, 0.15) is 24.7 Å². The molecule has 0 atom stereocenters. The fourth-order valence-corrected chi connectivity index (χ4v) is 1.94. The van der Waals surface area contributed by atoms with Gasteiger partial charge in [0.1, 0.15) is 17.1 Å². The molecule has 0 saturated heterocycles. The fourth-order valence-electron chi connectivity index (χ4n) is 1.94. The van der Waals surface area contributed by atoms with Crippen molar-refractivity contribution in [1.29, 1.82) is 0 Å². The third-order valence-corrected chi connectivity index (χ3v) is 2.54. The first-order chi connectivity index (χ1) is 7.61. The van der Waals surface area contributed by atoms with E-state index >= 15 is 0 Å². The second-order valence-corrected chi connectivity index (χ2v) is 3.95. The van der Waals surface area contributed by atoms with Gasteiger partial charge in [0.2, 0.25) is 0 Å². The standard InChI is InChI=1S/C13H14O3/c1-3-4-9-6-10(14)7-12-13(9)11(15)5-8(2)16-12/h5-7,14H,3-4H2,1-2H3. The van der Waals surface area contributed by atoms with Crippen molar-refractivity contribution in [3.05, 3.63) is 39.7 Å². The highest BCUT2D eigenvalue weighted by Crippen LogP contribution is 2.24. The van der Waals surface area contributed by atoms with E-state index in [1.807, 2.05) is 6.92 Å². The molecule has 0 saturated carbocycles. The molecule has 0 aliphatic carbocycles. The maximum absolute atomic E-state index is 11.9. The number of hydrogen-bond acceptors (Lipinski definition) is 3. The number of phenols is 1. The Morgan fingerprint density at radius 3 is 2.75 bits per heavy atom. The molecule has 3 heteroatoms. The number of rotatable bonds is 2. The fraction of sp³-hybridized carbons (Fsp3) is 0.308. The first kappa shape index (κ1) is 10.7. The van der Waals surface area contributed by atoms with Crippen LogP contribution in [0, 0.1) is 6.92 Å². The third kappa shape index (κ3) is 1.81. The van der Waals surface area contributed by atoms with E-state index in [1.54, 1.807) is 13.0 Å². The second-order valence-electron chi connectivity index (χ2n) is 3.95. The summed E-state index contributed by atoms with van der Waals surface area (Å²) in [4.78, 5) is 11.9. The van der Waals surface area contributed by atoms with E-state index < -0.39 is 0 Å². The molecular formula is C13H14O3. The summed E-state index contributed by atoms with van der Waals surface area (Å²) in [6, 6.07) is 4.61. The smallest absolute Gasteiger partial charge is 0.193 e. The molecule has 3 nitrogen and oxygen atoms in total. The molecule has 0 aliphatic rings. The molecule has 0 bridgehead atoms. The predicted octanol–water partition coefficient (Wildman–Crippen LogP) is 2.76. The van der Waals surface area contributed by atoms with Crippen LogP contribution >= 0.6 is 0 Å². The molecule has 0 fully saturated rings. The summed E-state index contributed by atoms with van der Waals surface area (Å²) >= 11 is 0. The Morgan fingerprint density at radius 2 is 2.06 bits per heavy atom. The molecule has 1 N–H and O–H groups in total. The highest BCUT2D eigenvalue weighted by Gasteiger charge is 2.09. The van der Waals surface area contributed by atoms with Gasteiger partial charge in [-0.2, -0.15) is 0 Å². The average Bonchev–Trinajstić information content (AvgIpc) is 2.15. The van der Waals surface area contributed by atoms with Crippen LogP contribution in [-0.4, -0.2) is 5.11 Å². The number of fused-ring (bicyclic) bond motifs is 1. The van der Waals surface area contributed by atoms with Crippen LogP contribution in [0.25, 0.3) is 11.0 Å². The monoisotopic (exact) mass is 218 g/mol. The van der Waals surface area contributed by atoms with Crippen molar-refractivity contribution in [2.75, 3.05) is 0 Å². The molecule has 16 heavy (non-hydrogen) atoms. The molecule has 0 amide bonds. The Bertz CT molecular complexity index is 576. The number of aromatic hydroxyl groups is 1. The molecule has 84 valence electrons. The van der Waals surface area contributed by atoms with Gasteiger partial charge in [-0.05, 0) is 25.0 Å². The van der Waals surface area contributed by atoms with Gasteiger partial charge in [-0.3, -0.25) is 4.79 Å². The van der Waals surface area contributed by atoms with Gasteiger partial charge in [-0.25, -0.2) is 0 Å². The summed E-state index contributed by atoms with van der Waals surface area (Å²) in [7, 11) is 0. The van der Waals surface area contributed by atoms with E-state index in [4.69, 9.17) is 4.42 Å². The molecule has 1 heterocycles. The quantitative estimate of drug-likeness (QED) is 0.843. The third-order valence-electron chi connectivity index (χ3n) is 2.54. The lowest BCUT2D eigenvalue weighted by molar-refractivity contribution is 0.472. The van der Waals surface area contributed by atoms with E-state index in [9.17, 15) is 9.90 Å². The van der Waals surface area contributed by atoms with E-state index in [0.717, 1.165) is 18.4 Å². The van der Waals surface area contributed by atoms with Crippen molar-refractivity contribution < 1.29 is 9.52 Å². The van der Waals surface area contributed by atoms with Crippen LogP contribution in [0.4, 0.5) is 0 Å². The lowest BCUT2D eigenvalue weighted by Gasteiger charge is -2.05. The highest BCUT2D eigenvalue weighted by molar-refractivity contribution is 5.82. The SMILES string of the molecule is CCCc1cc(O)cc2oc(C)cc(=O)c12. The van der Waals surface area contributed by atoms with Crippen LogP contribution in [-0.2, 0) is 6.42 Å². The highest BCUT2D eigenvalue weighted by atomic mass is 16.3. The predicted molar refractivity (Wildman–Crippen MR) is 62.9 cm³/mol. The van der Waals surface area contributed by atoms with Crippen molar-refractivity contribution in [3.8, 4) is 5.75 Å². The topological polar surface area (TPSA) is 50.4 Å². The van der Waals surface area contributed by atoms with Gasteiger partial charge in [0.05, 0.1) is 5.39 Å². The molecule has 0 aliphatic heterocycles. The molecular weight excluding hydrogens is 204 g/mol. The van der Waals surface area contributed by atoms with Crippen molar-refractivity contribution in [2.24, 2.45) is 0 Å². The van der Waals surface area contributed by atoms with Crippen LogP contribution < -0.4 is 5.43 Å². The first-order valence-electron chi connectivity index (χ1n) is 5.38. The second kappa shape index (κ2) is 4.00. The average molecular weight is 218 g/mol. The van der Waals surface area contributed by atoms with E-state index in [-0.39, 0.29) is 11.2 Å². The van der Waals surface area contributed by atoms with Crippen molar-refractivity contribution in [1.82, 2.24) is 0 Å². The van der Waals surface area contributed by atoms with E-state index in [2.05, 4.69) is 0 Å². The minimum absolute atomic E-state index is 0.0396. The minimum Gasteiger partial charge on any atom is -0.508 e. The largest absolute Gasteiger partial charge is 0.508 e. The summed E-state index contributed by atoms with van der Waals surface area (Å²) in [6.07, 6.45) is 1.69. The summed E-state index contributed by atoms with van der Waals surface area (Å²) in [5, 5.41) is 10.1. The van der Waals surface area contributed by atoms with Crippen molar-refractivity contribution in [3.63, 3.8) is 0 Å². The molecule has 1 aromatic heterocycles. The maximum atomic E-state index is 11.9. The summed E-state index contributed by atoms with van der Waals surface area (Å²) < 4.78 is 5.45. The Kier molecular flexibility index (Phi) is 2.69. The van der Waals surface area contributed by atoms with Gasteiger partial charge in [0.15, 0.2) is 5.43 Å². The van der Waals surface area contributed by atoms with Gasteiger partial charge in [0.25, 0.3) is 0 Å². The van der Waals surface area contributed by atoms with Gasteiger partial charge >= 0.3 is 0 Å². The van der Waals surface area contributed by atoms with E-state index in [0.29, 0.717) is 16.7 Å². The molecule has 2 rings (SSSR count). The van der Waals surface area contributed by atoms with Crippen molar-refractivity contribution in [2.45, 2.75) is 26.7 Å². The zero-order valence-electron chi connectivity index (χ0n) is 9.41. The van der Waals surface area contributed by atoms with E-state index in [1.165, 1.54) is 12.1 Å². The number of hydrogen-bond donors (Lipinski definition) is 1. The summed E-state index contributed by atoms with van der Waals surface area (Å²) in [6.45, 7) is 3.76. The lowest BCUT2D eigenvalue weighted by atomic mass is 10.0. The molecule has 0 spiro atoms. The molecule has 1 aromatic carbocycles.